The first kappa shape index (κ1) is 36.1. The molecule has 264 valence electrons. The molecule has 0 aliphatic heterocycles. The third-order valence-corrected chi connectivity index (χ3v) is 11.0. The first-order valence-corrected chi connectivity index (χ1v) is 19.2. The van der Waals surface area contributed by atoms with Gasteiger partial charge in [-0.2, -0.15) is 0 Å². The number of benzene rings is 5. The minimum Gasteiger partial charge on any atom is -0.294 e. The van der Waals surface area contributed by atoms with Gasteiger partial charge < -0.3 is 0 Å². The Morgan fingerprint density at radius 2 is 1.20 bits per heavy atom. The Bertz CT molecular complexity index is 2710. The molecule has 0 saturated heterocycles. The largest absolute Gasteiger partial charge is 0.294 e. The summed E-state index contributed by atoms with van der Waals surface area (Å²) in [5, 5.41) is 3.53. The molecule has 5 aromatic carbocycles. The summed E-state index contributed by atoms with van der Waals surface area (Å²) in [5.74, 6) is 0.873. The molecule has 0 aliphatic rings. The van der Waals surface area contributed by atoms with Gasteiger partial charge in [-0.3, -0.25) is 4.57 Å². The van der Waals surface area contributed by atoms with Crippen molar-refractivity contribution in [3.63, 3.8) is 0 Å². The molecule has 0 amide bonds. The fourth-order valence-electron chi connectivity index (χ4n) is 7.14. The average molecular weight is 717 g/mol. The van der Waals surface area contributed by atoms with E-state index in [4.69, 9.17) is 4.98 Å². The monoisotopic (exact) mass is 716 g/mol. The first-order valence-electron chi connectivity index (χ1n) is 18.4. The van der Waals surface area contributed by atoms with Crippen LogP contribution in [0, 0.1) is 0 Å². The van der Waals surface area contributed by atoms with Gasteiger partial charge in [0, 0.05) is 31.3 Å². The molecule has 3 aromatic heterocycles. The normalized spacial score (nSPS) is 11.6. The van der Waals surface area contributed by atoms with E-state index >= 15 is 0 Å². The first-order chi connectivity index (χ1) is 26.5. The number of hydrogen-bond acceptors (Lipinski definition) is 2. The predicted octanol–water partition coefficient (Wildman–Crippen LogP) is 15.3. The predicted molar refractivity (Wildman–Crippen MR) is 240 cm³/mol. The quantitative estimate of drug-likeness (QED) is 0.143. The Kier molecular flexibility index (Phi) is 10.8. The van der Waals surface area contributed by atoms with Crippen molar-refractivity contribution >= 4 is 67.5 Å². The van der Waals surface area contributed by atoms with Crippen LogP contribution in [0.25, 0.3) is 95.4 Å². The maximum atomic E-state index is 5.30. The number of fused-ring (bicyclic) bond motifs is 4. The number of para-hydroxylation sites is 1. The summed E-state index contributed by atoms with van der Waals surface area (Å²) in [4.78, 5) is 6.46. The molecule has 54 heavy (non-hydrogen) atoms. The minimum absolute atomic E-state index is 0.873. The van der Waals surface area contributed by atoms with Crippen molar-refractivity contribution in [2.24, 2.45) is 0 Å². The van der Waals surface area contributed by atoms with Crippen LogP contribution in [-0.4, -0.2) is 9.55 Å². The van der Waals surface area contributed by atoms with Crippen LogP contribution in [0.15, 0.2) is 159 Å². The number of thiophene rings is 1. The summed E-state index contributed by atoms with van der Waals surface area (Å²) in [7, 11) is 0. The molecule has 0 saturated carbocycles. The Labute approximate surface area is 323 Å². The van der Waals surface area contributed by atoms with E-state index in [1.807, 2.05) is 38.2 Å². The summed E-state index contributed by atoms with van der Waals surface area (Å²) in [6.45, 7) is 16.5. The van der Waals surface area contributed by atoms with Gasteiger partial charge in [0.1, 0.15) is 5.82 Å². The summed E-state index contributed by atoms with van der Waals surface area (Å²) in [6, 6.07) is 43.4. The SMILES string of the molecule is C/C=C\C.C=Cc1sc2c(ccc3c2c(C=C)c(/C=C\C)n3-c2cc(-c3ccc(-c4cccc(-c5ccccc5)c4)cc3)c3ccccc3n2)c1/C=C\C. The average Bonchev–Trinajstić information content (AvgIpc) is 3.75. The van der Waals surface area contributed by atoms with E-state index in [0.29, 0.717) is 0 Å². The van der Waals surface area contributed by atoms with Gasteiger partial charge >= 0.3 is 0 Å². The smallest absolute Gasteiger partial charge is 0.138 e. The minimum atomic E-state index is 0.873. The third kappa shape index (κ3) is 6.71. The van der Waals surface area contributed by atoms with E-state index < -0.39 is 0 Å². The number of hydrogen-bond donors (Lipinski definition) is 0. The van der Waals surface area contributed by atoms with Crippen LogP contribution in [0.1, 0.15) is 49.4 Å². The van der Waals surface area contributed by atoms with Gasteiger partial charge in [-0.05, 0) is 97.0 Å². The van der Waals surface area contributed by atoms with Crippen LogP contribution in [0.4, 0.5) is 0 Å². The Hall–Kier alpha value is -6.29. The summed E-state index contributed by atoms with van der Waals surface area (Å²) < 4.78 is 3.53. The molecule has 0 fully saturated rings. The van der Waals surface area contributed by atoms with Crippen molar-refractivity contribution in [1.82, 2.24) is 9.55 Å². The van der Waals surface area contributed by atoms with E-state index in [2.05, 4.69) is 177 Å². The second-order valence-corrected chi connectivity index (χ2v) is 14.0. The fourth-order valence-corrected chi connectivity index (χ4v) is 8.34. The third-order valence-electron chi connectivity index (χ3n) is 9.74. The van der Waals surface area contributed by atoms with E-state index in [1.54, 1.807) is 11.3 Å². The van der Waals surface area contributed by atoms with E-state index in [1.165, 1.54) is 48.2 Å². The van der Waals surface area contributed by atoms with Crippen molar-refractivity contribution in [2.75, 3.05) is 0 Å². The molecule has 2 nitrogen and oxygen atoms in total. The molecule has 0 N–H and O–H groups in total. The zero-order chi connectivity index (χ0) is 37.6. The maximum absolute atomic E-state index is 5.30. The highest BCUT2D eigenvalue weighted by Crippen LogP contribution is 2.43. The molecule has 0 atom stereocenters. The van der Waals surface area contributed by atoms with Gasteiger partial charge in [-0.25, -0.2) is 4.98 Å². The van der Waals surface area contributed by atoms with Crippen molar-refractivity contribution in [1.29, 1.82) is 0 Å². The molecular formula is C51H44N2S. The van der Waals surface area contributed by atoms with Crippen LogP contribution in [0.5, 0.6) is 0 Å². The van der Waals surface area contributed by atoms with Crippen LogP contribution < -0.4 is 0 Å². The lowest BCUT2D eigenvalue weighted by Gasteiger charge is -2.14. The number of rotatable bonds is 8. The summed E-state index contributed by atoms with van der Waals surface area (Å²) in [6.07, 6.45) is 16.5. The van der Waals surface area contributed by atoms with Crippen molar-refractivity contribution in [2.45, 2.75) is 27.7 Å². The Morgan fingerprint density at radius 1 is 0.556 bits per heavy atom. The van der Waals surface area contributed by atoms with Crippen LogP contribution in [-0.2, 0) is 0 Å². The summed E-state index contributed by atoms with van der Waals surface area (Å²) in [5.41, 5.74) is 12.5. The molecule has 8 rings (SSSR count). The van der Waals surface area contributed by atoms with Crippen LogP contribution in [0.3, 0.4) is 0 Å². The second kappa shape index (κ2) is 16.2. The number of allylic oxidation sites excluding steroid dienone is 4. The van der Waals surface area contributed by atoms with Gasteiger partial charge in [-0.15, -0.1) is 11.3 Å². The Morgan fingerprint density at radius 3 is 1.87 bits per heavy atom. The number of aromatic nitrogens is 2. The highest BCUT2D eigenvalue weighted by atomic mass is 32.1. The topological polar surface area (TPSA) is 17.8 Å². The lowest BCUT2D eigenvalue weighted by atomic mass is 9.96. The molecule has 3 heterocycles. The highest BCUT2D eigenvalue weighted by Gasteiger charge is 2.22. The van der Waals surface area contributed by atoms with E-state index in [9.17, 15) is 0 Å². The Balaban J connectivity index is 0.00000107. The van der Waals surface area contributed by atoms with Crippen LogP contribution >= 0.6 is 11.3 Å². The lowest BCUT2D eigenvalue weighted by Crippen LogP contribution is -2.01. The molecule has 0 radical (unpaired) electrons. The van der Waals surface area contributed by atoms with E-state index in [0.717, 1.165) is 44.6 Å². The van der Waals surface area contributed by atoms with Gasteiger partial charge in [-0.1, -0.05) is 153 Å². The lowest BCUT2D eigenvalue weighted by molar-refractivity contribution is 1.05. The molecule has 8 aromatic rings. The van der Waals surface area contributed by atoms with Crippen LogP contribution in [0.2, 0.25) is 0 Å². The zero-order valence-corrected chi connectivity index (χ0v) is 32.2. The number of nitrogens with zero attached hydrogens (tertiary/aromatic N) is 2. The van der Waals surface area contributed by atoms with E-state index in [-0.39, 0.29) is 0 Å². The van der Waals surface area contributed by atoms with Crippen molar-refractivity contribution < 1.29 is 0 Å². The molecule has 0 unspecified atom stereocenters. The number of pyridine rings is 1. The zero-order valence-electron chi connectivity index (χ0n) is 31.4. The van der Waals surface area contributed by atoms with Crippen molar-refractivity contribution in [3.8, 4) is 39.2 Å². The molecule has 0 spiro atoms. The van der Waals surface area contributed by atoms with Gasteiger partial charge in [0.05, 0.1) is 16.7 Å². The maximum Gasteiger partial charge on any atom is 0.138 e. The summed E-state index contributed by atoms with van der Waals surface area (Å²) >= 11 is 1.78. The molecule has 3 heteroatoms. The van der Waals surface area contributed by atoms with Gasteiger partial charge in [0.2, 0.25) is 0 Å². The molecule has 0 bridgehead atoms. The standard InChI is InChI=1S/C47H36N2S.C4H8/c1-5-15-38-39-27-28-43-46(47(39)50-44(38)8-4)36(7-3)42(16-6-2)49(43)45-30-40(37-21-12-13-22-41(37)48-45)33-25-23-32(24-26-33)35-20-14-19-34(29-35)31-17-10-9-11-18-31;1-3-4-2/h5-30H,3-4H2,1-2H3;3-4H,1-2H3/b15-5-,16-6-;4-3-. The highest BCUT2D eigenvalue weighted by molar-refractivity contribution is 7.21. The van der Waals surface area contributed by atoms with Gasteiger partial charge in [0.25, 0.3) is 0 Å². The fraction of sp³-hybridized carbons (Fsp3) is 0.0784. The second-order valence-electron chi connectivity index (χ2n) is 13.0. The van der Waals surface area contributed by atoms with Crippen molar-refractivity contribution in [3.05, 3.63) is 180 Å². The van der Waals surface area contributed by atoms with Gasteiger partial charge in [0.15, 0.2) is 0 Å². The molecular weight excluding hydrogens is 673 g/mol. The molecule has 0 aliphatic carbocycles.